The van der Waals surface area contributed by atoms with E-state index in [1.165, 1.54) is 4.88 Å². The Hall–Kier alpha value is -2.67. The summed E-state index contributed by atoms with van der Waals surface area (Å²) >= 11 is 1.70. The van der Waals surface area contributed by atoms with Crippen molar-refractivity contribution >= 4 is 23.1 Å². The number of thiophene rings is 1. The van der Waals surface area contributed by atoms with Gasteiger partial charge >= 0.3 is 0 Å². The van der Waals surface area contributed by atoms with Crippen molar-refractivity contribution in [2.24, 2.45) is 0 Å². The van der Waals surface area contributed by atoms with Crippen molar-refractivity contribution in [1.29, 1.82) is 0 Å². The second-order valence-electron chi connectivity index (χ2n) is 6.48. The summed E-state index contributed by atoms with van der Waals surface area (Å²) in [5.74, 6) is 1.05. The number of nitrogens with one attached hydrogen (secondary N) is 2. The van der Waals surface area contributed by atoms with Crippen LogP contribution in [-0.2, 0) is 11.2 Å². The molecule has 4 heterocycles. The maximum absolute atomic E-state index is 12.2. The number of nitrogens with zero attached hydrogens (tertiary/aromatic N) is 3. The average Bonchev–Trinajstić information content (AvgIpc) is 3.35. The van der Waals surface area contributed by atoms with Crippen LogP contribution in [0.25, 0.3) is 10.6 Å². The van der Waals surface area contributed by atoms with Crippen molar-refractivity contribution in [3.8, 4) is 10.6 Å². The number of pyridine rings is 1. The Morgan fingerprint density at radius 3 is 2.92 bits per heavy atom. The Balaban J connectivity index is 1.28. The maximum atomic E-state index is 12.2. The summed E-state index contributed by atoms with van der Waals surface area (Å²) in [6, 6.07) is 10.2. The van der Waals surface area contributed by atoms with Gasteiger partial charge in [0.1, 0.15) is 0 Å². The Morgan fingerprint density at radius 1 is 1.31 bits per heavy atom. The van der Waals surface area contributed by atoms with Crippen LogP contribution in [0.3, 0.4) is 0 Å². The fourth-order valence-corrected chi connectivity index (χ4v) is 3.94. The minimum Gasteiger partial charge on any atom is -0.355 e. The van der Waals surface area contributed by atoms with E-state index in [1.807, 2.05) is 18.2 Å². The summed E-state index contributed by atoms with van der Waals surface area (Å²) in [6.45, 7) is 1.79. The van der Waals surface area contributed by atoms with Gasteiger partial charge in [-0.1, -0.05) is 12.1 Å². The van der Waals surface area contributed by atoms with Crippen molar-refractivity contribution in [2.45, 2.75) is 25.3 Å². The minimum absolute atomic E-state index is 0.0659. The summed E-state index contributed by atoms with van der Waals surface area (Å²) in [6.07, 6.45) is 5.71. The third-order valence-corrected chi connectivity index (χ3v) is 5.53. The highest BCUT2D eigenvalue weighted by Gasteiger charge is 2.22. The fraction of sp³-hybridized carbons (Fsp3) is 0.316. The van der Waals surface area contributed by atoms with Crippen LogP contribution in [0, 0.1) is 0 Å². The molecule has 0 aromatic carbocycles. The van der Waals surface area contributed by atoms with Gasteiger partial charge in [0.05, 0.1) is 17.0 Å². The smallest absolute Gasteiger partial charge is 0.224 e. The SMILES string of the molecule is O=C(Cc1cccnc1)NC1CCN(c2cc(-c3cccs3)[nH]n2)CC1. The van der Waals surface area contributed by atoms with Crippen molar-refractivity contribution in [1.82, 2.24) is 20.5 Å². The number of anilines is 1. The number of piperidine rings is 1. The monoisotopic (exact) mass is 367 g/mol. The number of carbonyl (C=O) groups excluding carboxylic acids is 1. The largest absolute Gasteiger partial charge is 0.355 e. The van der Waals surface area contributed by atoms with Gasteiger partial charge < -0.3 is 10.2 Å². The summed E-state index contributed by atoms with van der Waals surface area (Å²) in [7, 11) is 0. The van der Waals surface area contributed by atoms with Crippen LogP contribution < -0.4 is 10.2 Å². The van der Waals surface area contributed by atoms with Gasteiger partial charge in [-0.2, -0.15) is 5.10 Å². The van der Waals surface area contributed by atoms with Crippen molar-refractivity contribution in [3.63, 3.8) is 0 Å². The topological polar surface area (TPSA) is 73.9 Å². The molecule has 1 saturated heterocycles. The lowest BCUT2D eigenvalue weighted by molar-refractivity contribution is -0.121. The molecular formula is C19H21N5OS. The number of H-pyrrole nitrogens is 1. The number of aromatic amines is 1. The third kappa shape index (κ3) is 3.94. The molecule has 26 heavy (non-hydrogen) atoms. The van der Waals surface area contributed by atoms with Crippen LogP contribution in [0.4, 0.5) is 5.82 Å². The molecule has 3 aromatic heterocycles. The second-order valence-corrected chi connectivity index (χ2v) is 7.43. The first-order chi connectivity index (χ1) is 12.8. The molecule has 4 rings (SSSR count). The molecule has 0 saturated carbocycles. The zero-order valence-electron chi connectivity index (χ0n) is 14.4. The predicted octanol–water partition coefficient (Wildman–Crippen LogP) is 2.86. The number of amides is 1. The lowest BCUT2D eigenvalue weighted by atomic mass is 10.0. The van der Waals surface area contributed by atoms with E-state index in [1.54, 1.807) is 23.7 Å². The Labute approximate surface area is 156 Å². The molecule has 0 bridgehead atoms. The van der Waals surface area contributed by atoms with E-state index in [9.17, 15) is 4.79 Å². The predicted molar refractivity (Wildman–Crippen MR) is 103 cm³/mol. The molecule has 2 N–H and O–H groups in total. The van der Waals surface area contributed by atoms with E-state index < -0.39 is 0 Å². The molecule has 3 aromatic rings. The first-order valence-corrected chi connectivity index (χ1v) is 9.68. The van der Waals surface area contributed by atoms with Gasteiger partial charge in [0.2, 0.25) is 5.91 Å². The lowest BCUT2D eigenvalue weighted by Crippen LogP contribution is -2.45. The molecular weight excluding hydrogens is 346 g/mol. The van der Waals surface area contributed by atoms with Gasteiger partial charge in [0.15, 0.2) is 5.82 Å². The molecule has 0 spiro atoms. The minimum atomic E-state index is 0.0659. The summed E-state index contributed by atoms with van der Waals surface area (Å²) < 4.78 is 0. The van der Waals surface area contributed by atoms with E-state index in [0.29, 0.717) is 6.42 Å². The van der Waals surface area contributed by atoms with E-state index in [0.717, 1.165) is 43.0 Å². The van der Waals surface area contributed by atoms with Crippen molar-refractivity contribution in [3.05, 3.63) is 53.7 Å². The summed E-state index contributed by atoms with van der Waals surface area (Å²) in [4.78, 5) is 19.7. The van der Waals surface area contributed by atoms with Crippen LogP contribution in [0.2, 0.25) is 0 Å². The number of carbonyl (C=O) groups is 1. The van der Waals surface area contributed by atoms with Crippen LogP contribution in [0.15, 0.2) is 48.1 Å². The average molecular weight is 367 g/mol. The van der Waals surface area contributed by atoms with Crippen LogP contribution >= 0.6 is 11.3 Å². The Morgan fingerprint density at radius 2 is 2.19 bits per heavy atom. The van der Waals surface area contributed by atoms with Gasteiger partial charge in [0, 0.05) is 37.6 Å². The van der Waals surface area contributed by atoms with Gasteiger partial charge in [-0.05, 0) is 35.9 Å². The number of hydrogen-bond acceptors (Lipinski definition) is 5. The zero-order valence-corrected chi connectivity index (χ0v) is 15.2. The molecule has 0 aliphatic carbocycles. The quantitative estimate of drug-likeness (QED) is 0.727. The second kappa shape index (κ2) is 7.70. The van der Waals surface area contributed by atoms with Crippen LogP contribution in [0.1, 0.15) is 18.4 Å². The zero-order chi connectivity index (χ0) is 17.8. The van der Waals surface area contributed by atoms with Crippen LogP contribution in [-0.4, -0.2) is 40.2 Å². The molecule has 1 aliphatic heterocycles. The Kier molecular flexibility index (Phi) is 4.97. The number of hydrogen-bond donors (Lipinski definition) is 2. The van der Waals surface area contributed by atoms with Gasteiger partial charge in [-0.3, -0.25) is 14.9 Å². The Bertz CT molecular complexity index is 838. The van der Waals surface area contributed by atoms with Crippen molar-refractivity contribution < 1.29 is 4.79 Å². The molecule has 0 atom stereocenters. The third-order valence-electron chi connectivity index (χ3n) is 4.62. The van der Waals surface area contributed by atoms with E-state index >= 15 is 0 Å². The fourth-order valence-electron chi connectivity index (χ4n) is 3.25. The number of aromatic nitrogens is 3. The molecule has 1 aliphatic rings. The standard InChI is InChI=1S/C19H21N5OS/c25-19(11-14-3-1-7-20-13-14)21-15-5-8-24(9-6-15)18-12-16(22-23-18)17-4-2-10-26-17/h1-4,7,10,12-13,15H,5-6,8-9,11H2,(H,21,25)(H,22,23). The molecule has 1 fully saturated rings. The normalized spacial score (nSPS) is 15.2. The lowest BCUT2D eigenvalue weighted by Gasteiger charge is -2.32. The van der Waals surface area contributed by atoms with E-state index in [4.69, 9.17) is 0 Å². The summed E-state index contributed by atoms with van der Waals surface area (Å²) in [5, 5.41) is 12.8. The van der Waals surface area contributed by atoms with E-state index in [2.05, 4.69) is 42.9 Å². The first kappa shape index (κ1) is 16.8. The number of rotatable bonds is 5. The maximum Gasteiger partial charge on any atom is 0.224 e. The molecule has 134 valence electrons. The van der Waals surface area contributed by atoms with Crippen LogP contribution in [0.5, 0.6) is 0 Å². The van der Waals surface area contributed by atoms with E-state index in [-0.39, 0.29) is 11.9 Å². The van der Waals surface area contributed by atoms with Crippen molar-refractivity contribution in [2.75, 3.05) is 18.0 Å². The van der Waals surface area contributed by atoms with Gasteiger partial charge in [-0.25, -0.2) is 0 Å². The summed E-state index contributed by atoms with van der Waals surface area (Å²) in [5.41, 5.74) is 2.00. The first-order valence-electron chi connectivity index (χ1n) is 8.80. The van der Waals surface area contributed by atoms with Gasteiger partial charge in [-0.15, -0.1) is 11.3 Å². The molecule has 0 unspecified atom stereocenters. The highest BCUT2D eigenvalue weighted by Crippen LogP contribution is 2.27. The molecule has 7 heteroatoms. The molecule has 6 nitrogen and oxygen atoms in total. The van der Waals surface area contributed by atoms with Gasteiger partial charge in [0.25, 0.3) is 0 Å². The molecule has 0 radical (unpaired) electrons. The molecule has 1 amide bonds. The highest BCUT2D eigenvalue weighted by atomic mass is 32.1. The highest BCUT2D eigenvalue weighted by molar-refractivity contribution is 7.13.